The molecule has 3 rings (SSSR count). The zero-order chi connectivity index (χ0) is 14.1. The first-order valence-corrected chi connectivity index (χ1v) is 6.26. The Morgan fingerprint density at radius 3 is 2.90 bits per heavy atom. The molecule has 0 atom stereocenters. The third-order valence-corrected chi connectivity index (χ3v) is 3.50. The van der Waals surface area contributed by atoms with Crippen LogP contribution in [0.1, 0.15) is 11.1 Å². The fourth-order valence-corrected chi connectivity index (χ4v) is 2.45. The molecular weight excluding hydrogens is 261 g/mol. The topological polar surface area (TPSA) is 59.3 Å². The summed E-state index contributed by atoms with van der Waals surface area (Å²) >= 11 is 0. The van der Waals surface area contributed by atoms with Gasteiger partial charge in [0.25, 0.3) is 5.69 Å². The lowest BCUT2D eigenvalue weighted by Crippen LogP contribution is -2.31. The monoisotopic (exact) mass is 273 g/mol. The second-order valence-corrected chi connectivity index (χ2v) is 4.71. The van der Waals surface area contributed by atoms with Crippen LogP contribution in [0.15, 0.2) is 36.7 Å². The predicted molar refractivity (Wildman–Crippen MR) is 72.0 cm³/mol. The predicted octanol–water partition coefficient (Wildman–Crippen LogP) is 2.69. The smallest absolute Gasteiger partial charge is 0.272 e. The van der Waals surface area contributed by atoms with E-state index in [0.717, 1.165) is 18.1 Å². The maximum absolute atomic E-state index is 14.0. The molecule has 0 amide bonds. The van der Waals surface area contributed by atoms with Gasteiger partial charge in [0.05, 0.1) is 16.7 Å². The first kappa shape index (κ1) is 12.5. The van der Waals surface area contributed by atoms with E-state index in [1.165, 1.54) is 17.7 Å². The van der Waals surface area contributed by atoms with Crippen LogP contribution in [0, 0.1) is 15.9 Å². The number of aromatic nitrogens is 1. The number of nitro benzene ring substituents is 1. The summed E-state index contributed by atoms with van der Waals surface area (Å²) in [6.07, 6.45) is 4.35. The van der Waals surface area contributed by atoms with Crippen molar-refractivity contribution in [1.82, 2.24) is 4.98 Å². The van der Waals surface area contributed by atoms with Gasteiger partial charge in [-0.05, 0) is 29.7 Å². The Labute approximate surface area is 114 Å². The number of nitrogens with zero attached hydrogens (tertiary/aromatic N) is 3. The van der Waals surface area contributed by atoms with Crippen molar-refractivity contribution < 1.29 is 9.31 Å². The molecule has 0 fully saturated rings. The van der Waals surface area contributed by atoms with Crippen LogP contribution in [0.3, 0.4) is 0 Å². The van der Waals surface area contributed by atoms with Gasteiger partial charge in [0.2, 0.25) is 0 Å². The molecule has 2 aromatic rings. The SMILES string of the molecule is O=[N+]([O-])c1ccc(N2CCc3ccncc3C2)c(F)c1. The van der Waals surface area contributed by atoms with E-state index in [9.17, 15) is 14.5 Å². The summed E-state index contributed by atoms with van der Waals surface area (Å²) in [5.41, 5.74) is 2.45. The van der Waals surface area contributed by atoms with Crippen LogP contribution in [0.5, 0.6) is 0 Å². The summed E-state index contributed by atoms with van der Waals surface area (Å²) in [6, 6.07) is 5.74. The minimum Gasteiger partial charge on any atom is -0.364 e. The lowest BCUT2D eigenvalue weighted by Gasteiger charge is -2.30. The first-order valence-electron chi connectivity index (χ1n) is 6.26. The summed E-state index contributed by atoms with van der Waals surface area (Å²) in [6.45, 7) is 1.25. The van der Waals surface area contributed by atoms with Crippen molar-refractivity contribution in [2.24, 2.45) is 0 Å². The van der Waals surface area contributed by atoms with E-state index in [4.69, 9.17) is 0 Å². The molecular formula is C14H12FN3O2. The molecule has 0 radical (unpaired) electrons. The third kappa shape index (κ3) is 2.20. The average Bonchev–Trinajstić information content (AvgIpc) is 2.46. The molecule has 0 bridgehead atoms. The van der Waals surface area contributed by atoms with Crippen LogP contribution in [0.4, 0.5) is 15.8 Å². The Balaban J connectivity index is 1.90. The second kappa shape index (κ2) is 4.88. The fourth-order valence-electron chi connectivity index (χ4n) is 2.45. The molecule has 0 saturated heterocycles. The summed E-state index contributed by atoms with van der Waals surface area (Å²) in [5, 5.41) is 10.6. The zero-order valence-electron chi connectivity index (χ0n) is 10.6. The number of rotatable bonds is 2. The molecule has 1 aliphatic rings. The van der Waals surface area contributed by atoms with E-state index < -0.39 is 10.7 Å². The first-order chi connectivity index (χ1) is 9.65. The fraction of sp³-hybridized carbons (Fsp3) is 0.214. The molecule has 0 unspecified atom stereocenters. The number of hydrogen-bond donors (Lipinski definition) is 0. The summed E-state index contributed by atoms with van der Waals surface area (Å²) in [4.78, 5) is 16.0. The molecule has 1 aliphatic heterocycles. The molecule has 1 aromatic heterocycles. The van der Waals surface area contributed by atoms with Crippen LogP contribution in [-0.4, -0.2) is 16.5 Å². The number of pyridine rings is 1. The van der Waals surface area contributed by atoms with Crippen molar-refractivity contribution in [3.63, 3.8) is 0 Å². The number of fused-ring (bicyclic) bond motifs is 1. The Hall–Kier alpha value is -2.50. The van der Waals surface area contributed by atoms with Gasteiger partial charge in [-0.15, -0.1) is 0 Å². The van der Waals surface area contributed by atoms with Crippen LogP contribution >= 0.6 is 0 Å². The minimum atomic E-state index is -0.595. The molecule has 0 saturated carbocycles. The molecule has 0 spiro atoms. The van der Waals surface area contributed by atoms with Crippen LogP contribution in [0.2, 0.25) is 0 Å². The summed E-state index contributed by atoms with van der Waals surface area (Å²) in [7, 11) is 0. The average molecular weight is 273 g/mol. The van der Waals surface area contributed by atoms with E-state index in [1.807, 2.05) is 11.0 Å². The van der Waals surface area contributed by atoms with Gasteiger partial charge in [-0.25, -0.2) is 4.39 Å². The standard InChI is InChI=1S/C14H12FN3O2/c15-13-7-12(18(19)20)1-2-14(13)17-6-4-10-3-5-16-8-11(10)9-17/h1-3,5,7-8H,4,6,9H2. The Morgan fingerprint density at radius 2 is 2.15 bits per heavy atom. The second-order valence-electron chi connectivity index (χ2n) is 4.71. The van der Waals surface area contributed by atoms with Gasteiger partial charge in [0.15, 0.2) is 5.82 Å². The molecule has 0 N–H and O–H groups in total. The maximum Gasteiger partial charge on any atom is 0.272 e. The Bertz CT molecular complexity index is 675. The van der Waals surface area contributed by atoms with Gasteiger partial charge in [-0.2, -0.15) is 0 Å². The Kier molecular flexibility index (Phi) is 3.06. The van der Waals surface area contributed by atoms with Crippen LogP contribution in [0.25, 0.3) is 0 Å². The Morgan fingerprint density at radius 1 is 1.30 bits per heavy atom. The van der Waals surface area contributed by atoms with Crippen molar-refractivity contribution in [3.05, 3.63) is 63.7 Å². The van der Waals surface area contributed by atoms with E-state index >= 15 is 0 Å². The van der Waals surface area contributed by atoms with E-state index in [2.05, 4.69) is 4.98 Å². The quantitative estimate of drug-likeness (QED) is 0.623. The summed E-state index contributed by atoms with van der Waals surface area (Å²) in [5.74, 6) is -0.563. The lowest BCUT2D eigenvalue weighted by atomic mass is 10.0. The minimum absolute atomic E-state index is 0.231. The molecule has 2 heterocycles. The number of anilines is 1. The van der Waals surface area contributed by atoms with Crippen molar-refractivity contribution in [2.45, 2.75) is 13.0 Å². The normalized spacial score (nSPS) is 13.9. The van der Waals surface area contributed by atoms with Crippen LogP contribution in [-0.2, 0) is 13.0 Å². The molecule has 0 aliphatic carbocycles. The molecule has 20 heavy (non-hydrogen) atoms. The van der Waals surface area contributed by atoms with Crippen molar-refractivity contribution in [2.75, 3.05) is 11.4 Å². The van der Waals surface area contributed by atoms with Gasteiger partial charge in [0, 0.05) is 31.5 Å². The third-order valence-electron chi connectivity index (χ3n) is 3.50. The molecule has 5 nitrogen and oxygen atoms in total. The number of halogens is 1. The van der Waals surface area contributed by atoms with E-state index in [-0.39, 0.29) is 5.69 Å². The summed E-state index contributed by atoms with van der Waals surface area (Å²) < 4.78 is 14.0. The van der Waals surface area contributed by atoms with Crippen molar-refractivity contribution in [3.8, 4) is 0 Å². The maximum atomic E-state index is 14.0. The lowest BCUT2D eigenvalue weighted by molar-refractivity contribution is -0.385. The molecule has 102 valence electrons. The van der Waals surface area contributed by atoms with Gasteiger partial charge in [-0.1, -0.05) is 0 Å². The number of non-ortho nitro benzene ring substituents is 1. The molecule has 6 heteroatoms. The largest absolute Gasteiger partial charge is 0.364 e. The highest BCUT2D eigenvalue weighted by atomic mass is 19.1. The van der Waals surface area contributed by atoms with Crippen molar-refractivity contribution in [1.29, 1.82) is 0 Å². The highest BCUT2D eigenvalue weighted by Crippen LogP contribution is 2.28. The number of hydrogen-bond acceptors (Lipinski definition) is 4. The van der Waals surface area contributed by atoms with Gasteiger partial charge >= 0.3 is 0 Å². The van der Waals surface area contributed by atoms with Crippen LogP contribution < -0.4 is 4.90 Å². The van der Waals surface area contributed by atoms with Crippen molar-refractivity contribution >= 4 is 11.4 Å². The highest BCUT2D eigenvalue weighted by molar-refractivity contribution is 5.54. The van der Waals surface area contributed by atoms with Gasteiger partial charge in [-0.3, -0.25) is 15.1 Å². The highest BCUT2D eigenvalue weighted by Gasteiger charge is 2.20. The zero-order valence-corrected chi connectivity index (χ0v) is 10.6. The van der Waals surface area contributed by atoms with Gasteiger partial charge < -0.3 is 4.90 Å². The van der Waals surface area contributed by atoms with Gasteiger partial charge in [0.1, 0.15) is 0 Å². The van der Waals surface area contributed by atoms with E-state index in [0.29, 0.717) is 18.8 Å². The number of nitro groups is 1. The number of benzene rings is 1. The van der Waals surface area contributed by atoms with E-state index in [1.54, 1.807) is 12.4 Å². The molecule has 1 aromatic carbocycles.